The van der Waals surface area contributed by atoms with E-state index >= 15 is 0 Å². The third kappa shape index (κ3) is 3.42. The summed E-state index contributed by atoms with van der Waals surface area (Å²) in [6.07, 6.45) is 1.07. The SMILES string of the molecule is Cc1nc2ccc(NS(=O)(=O)c3ccc(S(C)(=O)=O)cc3)cc2s1. The fourth-order valence-electron chi connectivity index (χ4n) is 2.18. The second-order valence-corrected chi connectivity index (χ2v) is 10.2. The largest absolute Gasteiger partial charge is 0.280 e. The van der Waals surface area contributed by atoms with Crippen LogP contribution in [-0.4, -0.2) is 28.1 Å². The Bertz CT molecular complexity index is 1120. The first-order valence-electron chi connectivity index (χ1n) is 6.85. The van der Waals surface area contributed by atoms with Gasteiger partial charge in [0.1, 0.15) is 0 Å². The first-order chi connectivity index (χ1) is 11.1. The number of benzene rings is 2. The van der Waals surface area contributed by atoms with Crippen LogP contribution in [0.5, 0.6) is 0 Å². The van der Waals surface area contributed by atoms with Crippen LogP contribution < -0.4 is 4.72 Å². The standard InChI is InChI=1S/C15H14N2O4S3/c1-10-16-14-8-3-11(9-15(14)22-10)17-24(20,21)13-6-4-12(5-7-13)23(2,18)19/h3-9,17H,1-2H3. The number of nitrogens with zero attached hydrogens (tertiary/aromatic N) is 1. The quantitative estimate of drug-likeness (QED) is 0.749. The molecular formula is C15H14N2O4S3. The van der Waals surface area contributed by atoms with Gasteiger partial charge in [0, 0.05) is 6.26 Å². The first kappa shape index (κ1) is 16.9. The maximum atomic E-state index is 12.4. The minimum absolute atomic E-state index is 0.00418. The molecule has 0 aliphatic heterocycles. The molecule has 0 atom stereocenters. The first-order valence-corrected chi connectivity index (χ1v) is 11.0. The molecule has 2 aromatic carbocycles. The predicted molar refractivity (Wildman–Crippen MR) is 94.7 cm³/mol. The Labute approximate surface area is 144 Å². The van der Waals surface area contributed by atoms with Crippen molar-refractivity contribution in [1.82, 2.24) is 4.98 Å². The lowest BCUT2D eigenvalue weighted by atomic mass is 10.3. The summed E-state index contributed by atoms with van der Waals surface area (Å²) in [4.78, 5) is 4.39. The maximum Gasteiger partial charge on any atom is 0.261 e. The second kappa shape index (κ2) is 5.83. The fourth-order valence-corrected chi connectivity index (χ4v) is 4.73. The van der Waals surface area contributed by atoms with Crippen LogP contribution in [0.2, 0.25) is 0 Å². The molecule has 24 heavy (non-hydrogen) atoms. The van der Waals surface area contributed by atoms with Gasteiger partial charge in [-0.05, 0) is 49.4 Å². The molecule has 0 saturated heterocycles. The lowest BCUT2D eigenvalue weighted by Crippen LogP contribution is -2.13. The van der Waals surface area contributed by atoms with E-state index in [1.807, 2.05) is 6.92 Å². The summed E-state index contributed by atoms with van der Waals surface area (Å²) in [5.41, 5.74) is 1.25. The van der Waals surface area contributed by atoms with Crippen molar-refractivity contribution in [3.63, 3.8) is 0 Å². The average molecular weight is 382 g/mol. The zero-order chi connectivity index (χ0) is 17.5. The highest BCUT2D eigenvalue weighted by atomic mass is 32.2. The van der Waals surface area contributed by atoms with E-state index in [2.05, 4.69) is 9.71 Å². The predicted octanol–water partition coefficient (Wildman–Crippen LogP) is 2.81. The second-order valence-electron chi connectivity index (χ2n) is 5.26. The Morgan fingerprint density at radius 3 is 2.21 bits per heavy atom. The van der Waals surface area contributed by atoms with E-state index in [0.717, 1.165) is 21.5 Å². The topological polar surface area (TPSA) is 93.2 Å². The molecule has 126 valence electrons. The Balaban J connectivity index is 1.92. The summed E-state index contributed by atoms with van der Waals surface area (Å²) in [5.74, 6) is 0. The number of anilines is 1. The normalized spacial score (nSPS) is 12.4. The number of rotatable bonds is 4. The van der Waals surface area contributed by atoms with Gasteiger partial charge < -0.3 is 0 Å². The third-order valence-corrected chi connectivity index (χ3v) is 6.77. The highest BCUT2D eigenvalue weighted by molar-refractivity contribution is 7.92. The molecule has 1 heterocycles. The molecule has 0 fully saturated rings. The van der Waals surface area contributed by atoms with Gasteiger partial charge in [0.05, 0.1) is 30.7 Å². The molecule has 0 amide bonds. The van der Waals surface area contributed by atoms with Crippen molar-refractivity contribution >= 4 is 47.1 Å². The summed E-state index contributed by atoms with van der Waals surface area (Å²) in [6.45, 7) is 1.89. The molecule has 0 aliphatic rings. The monoisotopic (exact) mass is 382 g/mol. The van der Waals surface area contributed by atoms with Gasteiger partial charge in [-0.2, -0.15) is 0 Å². The highest BCUT2D eigenvalue weighted by Crippen LogP contribution is 2.26. The number of nitrogens with one attached hydrogen (secondary N) is 1. The zero-order valence-electron chi connectivity index (χ0n) is 12.8. The molecule has 1 aromatic heterocycles. The average Bonchev–Trinajstić information content (AvgIpc) is 2.85. The lowest BCUT2D eigenvalue weighted by molar-refractivity contribution is 0.597. The van der Waals surface area contributed by atoms with E-state index in [4.69, 9.17) is 0 Å². The van der Waals surface area contributed by atoms with Crippen molar-refractivity contribution in [1.29, 1.82) is 0 Å². The Hall–Kier alpha value is -1.97. The van der Waals surface area contributed by atoms with Crippen molar-refractivity contribution in [2.45, 2.75) is 16.7 Å². The molecule has 9 heteroatoms. The minimum atomic E-state index is -3.80. The van der Waals surface area contributed by atoms with Crippen LogP contribution >= 0.6 is 11.3 Å². The minimum Gasteiger partial charge on any atom is -0.280 e. The maximum absolute atomic E-state index is 12.4. The van der Waals surface area contributed by atoms with Crippen molar-refractivity contribution < 1.29 is 16.8 Å². The number of hydrogen-bond acceptors (Lipinski definition) is 6. The molecular weight excluding hydrogens is 368 g/mol. The number of fused-ring (bicyclic) bond motifs is 1. The molecule has 0 spiro atoms. The van der Waals surface area contributed by atoms with Gasteiger partial charge in [-0.1, -0.05) is 0 Å². The summed E-state index contributed by atoms with van der Waals surface area (Å²) >= 11 is 1.48. The van der Waals surface area contributed by atoms with Gasteiger partial charge in [0.15, 0.2) is 9.84 Å². The Morgan fingerprint density at radius 2 is 1.58 bits per heavy atom. The van der Waals surface area contributed by atoms with Crippen LogP contribution in [0.15, 0.2) is 52.3 Å². The third-order valence-electron chi connectivity index (χ3n) is 3.31. The van der Waals surface area contributed by atoms with Crippen LogP contribution in [0, 0.1) is 6.92 Å². The van der Waals surface area contributed by atoms with E-state index < -0.39 is 19.9 Å². The highest BCUT2D eigenvalue weighted by Gasteiger charge is 2.16. The lowest BCUT2D eigenvalue weighted by Gasteiger charge is -2.08. The molecule has 0 saturated carbocycles. The van der Waals surface area contributed by atoms with Crippen LogP contribution in [0.4, 0.5) is 5.69 Å². The molecule has 3 rings (SSSR count). The molecule has 3 aromatic rings. The van der Waals surface area contributed by atoms with Crippen molar-refractivity contribution in [2.24, 2.45) is 0 Å². The van der Waals surface area contributed by atoms with Crippen molar-refractivity contribution in [3.8, 4) is 0 Å². The number of aryl methyl sites for hydroxylation is 1. The van der Waals surface area contributed by atoms with E-state index in [9.17, 15) is 16.8 Å². The summed E-state index contributed by atoms with van der Waals surface area (Å²) in [6, 6.07) is 10.2. The number of sulfonamides is 1. The fraction of sp³-hybridized carbons (Fsp3) is 0.133. The van der Waals surface area contributed by atoms with Gasteiger partial charge in [-0.3, -0.25) is 4.72 Å². The number of sulfone groups is 1. The number of thiazole rings is 1. The van der Waals surface area contributed by atoms with Crippen molar-refractivity contribution in [2.75, 3.05) is 11.0 Å². The van der Waals surface area contributed by atoms with E-state index in [0.29, 0.717) is 5.69 Å². The number of hydrogen-bond donors (Lipinski definition) is 1. The number of aromatic nitrogens is 1. The summed E-state index contributed by atoms with van der Waals surface area (Å²) in [7, 11) is -7.16. The van der Waals surface area contributed by atoms with Crippen LogP contribution in [0.3, 0.4) is 0 Å². The van der Waals surface area contributed by atoms with Crippen LogP contribution in [0.1, 0.15) is 5.01 Å². The van der Waals surface area contributed by atoms with E-state index in [-0.39, 0.29) is 9.79 Å². The van der Waals surface area contributed by atoms with E-state index in [1.165, 1.54) is 35.6 Å². The van der Waals surface area contributed by atoms with Crippen molar-refractivity contribution in [3.05, 3.63) is 47.5 Å². The summed E-state index contributed by atoms with van der Waals surface area (Å²) in [5, 5.41) is 0.904. The van der Waals surface area contributed by atoms with Crippen LogP contribution in [-0.2, 0) is 19.9 Å². The van der Waals surface area contributed by atoms with Gasteiger partial charge in [0.25, 0.3) is 10.0 Å². The molecule has 6 nitrogen and oxygen atoms in total. The zero-order valence-corrected chi connectivity index (χ0v) is 15.3. The summed E-state index contributed by atoms with van der Waals surface area (Å²) < 4.78 is 51.1. The Kier molecular flexibility index (Phi) is 4.10. The molecule has 0 bridgehead atoms. The van der Waals surface area contributed by atoms with Crippen LogP contribution in [0.25, 0.3) is 10.2 Å². The molecule has 0 unspecified atom stereocenters. The smallest absolute Gasteiger partial charge is 0.261 e. The van der Waals surface area contributed by atoms with Gasteiger partial charge >= 0.3 is 0 Å². The van der Waals surface area contributed by atoms with Gasteiger partial charge in [0.2, 0.25) is 0 Å². The van der Waals surface area contributed by atoms with E-state index in [1.54, 1.807) is 18.2 Å². The molecule has 0 radical (unpaired) electrons. The molecule has 0 aliphatic carbocycles. The Morgan fingerprint density at radius 1 is 0.958 bits per heavy atom. The van der Waals surface area contributed by atoms with Gasteiger partial charge in [-0.25, -0.2) is 21.8 Å². The molecule has 1 N–H and O–H groups in total. The van der Waals surface area contributed by atoms with Gasteiger partial charge in [-0.15, -0.1) is 11.3 Å².